The first kappa shape index (κ1) is 43.6. The lowest BCUT2D eigenvalue weighted by Gasteiger charge is -2.18. The Balaban J connectivity index is 1.38. The molecule has 5 rings (SSSR count). The summed E-state index contributed by atoms with van der Waals surface area (Å²) in [6.45, 7) is 2.30. The highest BCUT2D eigenvalue weighted by Gasteiger charge is 2.27. The standard InChI is InChI=1S/C34H37N11O14S/c1-21(2)23-11-12-28(36-19-23)60(51,52)41-32-29(58-27-10-5-4-9-26(27)53-3)33(38-30(37-32)22-13-14-35-25(18-22)31-39-42-43-40-31)54-16-17-56-34(46)55-15-7-6-8-24(59-45(49)50)20-57-44(47)48/h4-5,9-14,18-19,21,24H,6-8,15-17,20H2,1-3H3,(H,37,38,41)(H,39,40,42,43). The van der Waals surface area contributed by atoms with E-state index in [2.05, 4.69) is 55.0 Å². The third kappa shape index (κ3) is 12.5. The van der Waals surface area contributed by atoms with Crippen LogP contribution in [0.3, 0.4) is 0 Å². The molecule has 1 atom stereocenters. The average molecular weight is 856 g/mol. The number of nitrogens with one attached hydrogen (secondary N) is 2. The summed E-state index contributed by atoms with van der Waals surface area (Å²) in [7, 11) is -3.02. The van der Waals surface area contributed by atoms with Crippen molar-refractivity contribution >= 4 is 22.0 Å². The molecule has 0 aliphatic rings. The van der Waals surface area contributed by atoms with Crippen molar-refractivity contribution in [3.05, 3.63) is 86.7 Å². The largest absolute Gasteiger partial charge is 0.508 e. The second kappa shape index (κ2) is 20.8. The Bertz CT molecular complexity index is 2340. The predicted octanol–water partition coefficient (Wildman–Crippen LogP) is 4.33. The number of carbonyl (C=O) groups is 1. The second-order valence-electron chi connectivity index (χ2n) is 12.4. The van der Waals surface area contributed by atoms with Gasteiger partial charge in [-0.1, -0.05) is 32.0 Å². The zero-order chi connectivity index (χ0) is 43.1. The Morgan fingerprint density at radius 1 is 0.933 bits per heavy atom. The summed E-state index contributed by atoms with van der Waals surface area (Å²) in [5, 5.41) is 32.4. The van der Waals surface area contributed by atoms with Crippen molar-refractivity contribution in [1.82, 2.24) is 40.6 Å². The fourth-order valence-corrected chi connectivity index (χ4v) is 5.97. The molecule has 0 aliphatic carbocycles. The molecule has 2 N–H and O–H groups in total. The van der Waals surface area contributed by atoms with E-state index in [0.717, 1.165) is 5.56 Å². The van der Waals surface area contributed by atoms with E-state index in [4.69, 9.17) is 23.7 Å². The van der Waals surface area contributed by atoms with E-state index >= 15 is 0 Å². The number of methoxy groups -OCH3 is 1. The molecule has 318 valence electrons. The average Bonchev–Trinajstić information content (AvgIpc) is 3.78. The molecule has 25 nitrogen and oxygen atoms in total. The Hall–Kier alpha value is -7.51. The van der Waals surface area contributed by atoms with Crippen LogP contribution in [0.15, 0.2) is 66.0 Å². The number of hydrogen-bond donors (Lipinski definition) is 2. The highest BCUT2D eigenvalue weighted by molar-refractivity contribution is 7.92. The summed E-state index contributed by atoms with van der Waals surface area (Å²) in [4.78, 5) is 59.4. The summed E-state index contributed by atoms with van der Waals surface area (Å²) < 4.78 is 57.9. The van der Waals surface area contributed by atoms with Crippen molar-refractivity contribution in [3.63, 3.8) is 0 Å². The van der Waals surface area contributed by atoms with Gasteiger partial charge in [-0.15, -0.1) is 30.4 Å². The molecule has 0 bridgehead atoms. The zero-order valence-corrected chi connectivity index (χ0v) is 32.8. The number of aromatic amines is 1. The number of sulfonamides is 1. The first-order chi connectivity index (χ1) is 28.8. The predicted molar refractivity (Wildman–Crippen MR) is 202 cm³/mol. The third-order valence-electron chi connectivity index (χ3n) is 7.92. The van der Waals surface area contributed by atoms with Crippen molar-refractivity contribution in [2.45, 2.75) is 50.2 Å². The minimum Gasteiger partial charge on any atom is -0.493 e. The van der Waals surface area contributed by atoms with Gasteiger partial charge in [0.15, 0.2) is 28.2 Å². The highest BCUT2D eigenvalue weighted by Crippen LogP contribution is 2.42. The van der Waals surface area contributed by atoms with E-state index in [1.54, 1.807) is 36.4 Å². The minimum atomic E-state index is -4.43. The lowest BCUT2D eigenvalue weighted by molar-refractivity contribution is -0.790. The number of aromatic nitrogens is 8. The summed E-state index contributed by atoms with van der Waals surface area (Å²) in [6, 6.07) is 12.6. The van der Waals surface area contributed by atoms with Gasteiger partial charge in [-0.3, -0.25) is 9.71 Å². The van der Waals surface area contributed by atoms with Gasteiger partial charge >= 0.3 is 6.16 Å². The van der Waals surface area contributed by atoms with Crippen molar-refractivity contribution < 1.29 is 56.7 Å². The summed E-state index contributed by atoms with van der Waals surface area (Å²) in [5.41, 5.74) is 1.41. The van der Waals surface area contributed by atoms with Gasteiger partial charge in [0, 0.05) is 18.0 Å². The van der Waals surface area contributed by atoms with Gasteiger partial charge in [0.05, 0.1) is 13.7 Å². The van der Waals surface area contributed by atoms with Crippen LogP contribution in [0.4, 0.5) is 10.6 Å². The quantitative estimate of drug-likeness (QED) is 0.0399. The number of para-hydroxylation sites is 2. The molecule has 0 fully saturated rings. The number of rotatable bonds is 23. The van der Waals surface area contributed by atoms with Crippen LogP contribution >= 0.6 is 0 Å². The molecular formula is C34H37N11O14S. The molecule has 5 aromatic rings. The number of anilines is 1. The van der Waals surface area contributed by atoms with Crippen molar-refractivity contribution in [1.29, 1.82) is 0 Å². The van der Waals surface area contributed by atoms with Crippen LogP contribution in [-0.4, -0.2) is 105 Å². The SMILES string of the molecule is COc1ccccc1Oc1c(NS(=O)(=O)c2ccc(C(C)C)cn2)nc(-c2ccnc(-c3nn[nH]n3)c2)nc1OCCOC(=O)OCCCCC(CO[N+](=O)[O-])O[N+](=O)[O-]. The molecule has 0 aliphatic heterocycles. The van der Waals surface area contributed by atoms with Gasteiger partial charge < -0.3 is 33.4 Å². The number of hydrogen-bond acceptors (Lipinski definition) is 21. The van der Waals surface area contributed by atoms with E-state index in [-0.39, 0.29) is 89.7 Å². The summed E-state index contributed by atoms with van der Waals surface area (Å²) in [6.07, 6.45) is 1.01. The Morgan fingerprint density at radius 3 is 2.40 bits per heavy atom. The Morgan fingerprint density at radius 2 is 1.72 bits per heavy atom. The van der Waals surface area contributed by atoms with Gasteiger partial charge in [0.1, 0.15) is 31.6 Å². The van der Waals surface area contributed by atoms with E-state index in [1.807, 2.05) is 13.8 Å². The first-order valence-electron chi connectivity index (χ1n) is 17.8. The smallest absolute Gasteiger partial charge is 0.493 e. The Labute approximate surface area is 340 Å². The van der Waals surface area contributed by atoms with Crippen LogP contribution in [0.1, 0.15) is 44.6 Å². The van der Waals surface area contributed by atoms with Crippen LogP contribution in [0.2, 0.25) is 0 Å². The number of H-pyrrole nitrogens is 1. The van der Waals surface area contributed by atoms with Crippen LogP contribution in [0.5, 0.6) is 23.1 Å². The zero-order valence-electron chi connectivity index (χ0n) is 32.0. The fourth-order valence-electron chi connectivity index (χ4n) is 5.03. The number of ether oxygens (including phenoxy) is 5. The van der Waals surface area contributed by atoms with Gasteiger partial charge in [-0.2, -0.15) is 18.6 Å². The van der Waals surface area contributed by atoms with E-state index in [1.165, 1.54) is 31.6 Å². The van der Waals surface area contributed by atoms with Gasteiger partial charge in [-0.25, -0.2) is 14.8 Å². The molecule has 1 unspecified atom stereocenters. The highest BCUT2D eigenvalue weighted by atomic mass is 32.2. The topological polar surface area (TPSA) is 320 Å². The lowest BCUT2D eigenvalue weighted by atomic mass is 10.1. The summed E-state index contributed by atoms with van der Waals surface area (Å²) >= 11 is 0. The second-order valence-corrected chi connectivity index (χ2v) is 14.0. The Kier molecular flexibility index (Phi) is 15.1. The molecule has 0 saturated carbocycles. The fraction of sp³-hybridized carbons (Fsp3) is 0.353. The van der Waals surface area contributed by atoms with E-state index < -0.39 is 45.7 Å². The third-order valence-corrected chi connectivity index (χ3v) is 9.18. The molecule has 0 saturated heterocycles. The van der Waals surface area contributed by atoms with Crippen molar-refractivity contribution in [2.75, 3.05) is 38.3 Å². The number of carbonyl (C=O) groups excluding carboxylic acids is 1. The van der Waals surface area contributed by atoms with E-state index in [9.17, 15) is 33.4 Å². The first-order valence-corrected chi connectivity index (χ1v) is 19.2. The van der Waals surface area contributed by atoms with Crippen molar-refractivity contribution in [3.8, 4) is 46.0 Å². The van der Waals surface area contributed by atoms with Crippen LogP contribution in [0, 0.1) is 20.2 Å². The minimum absolute atomic E-state index is 0.00175. The molecule has 26 heteroatoms. The number of nitrogens with zero attached hydrogens (tertiary/aromatic N) is 9. The number of benzene rings is 1. The van der Waals surface area contributed by atoms with Crippen molar-refractivity contribution in [2.24, 2.45) is 0 Å². The number of unbranched alkanes of at least 4 members (excludes halogenated alkanes) is 1. The lowest BCUT2D eigenvalue weighted by Crippen LogP contribution is -2.24. The molecule has 1 aromatic carbocycles. The van der Waals surface area contributed by atoms with Gasteiger partial charge in [0.25, 0.3) is 26.1 Å². The van der Waals surface area contributed by atoms with Gasteiger partial charge in [0.2, 0.25) is 11.6 Å². The molecule has 4 heterocycles. The normalized spacial score (nSPS) is 11.6. The van der Waals surface area contributed by atoms with Crippen LogP contribution in [-0.2, 0) is 29.2 Å². The molecule has 0 spiro atoms. The van der Waals surface area contributed by atoms with Crippen LogP contribution < -0.4 is 18.9 Å². The maximum Gasteiger partial charge on any atom is 0.508 e. The van der Waals surface area contributed by atoms with Gasteiger partial charge in [-0.05, 0) is 66.3 Å². The molecular weight excluding hydrogens is 819 g/mol. The maximum atomic E-state index is 13.8. The monoisotopic (exact) mass is 855 g/mol. The summed E-state index contributed by atoms with van der Waals surface area (Å²) in [5.74, 6) is -0.399. The number of tetrazole rings is 1. The molecule has 60 heavy (non-hydrogen) atoms. The maximum absolute atomic E-state index is 13.8. The number of pyridine rings is 2. The van der Waals surface area contributed by atoms with E-state index in [0.29, 0.717) is 5.56 Å². The molecule has 0 radical (unpaired) electrons. The molecule has 0 amide bonds. The molecule has 4 aromatic heterocycles. The van der Waals surface area contributed by atoms with Crippen LogP contribution in [0.25, 0.3) is 22.9 Å².